The largest absolute Gasteiger partial charge is 0.496 e. The molecule has 0 spiro atoms. The Bertz CT molecular complexity index is 568. The summed E-state index contributed by atoms with van der Waals surface area (Å²) >= 11 is 17.2. The van der Waals surface area contributed by atoms with Gasteiger partial charge >= 0.3 is 0 Å². The summed E-state index contributed by atoms with van der Waals surface area (Å²) in [5.74, 6) is 0.870. The van der Waals surface area contributed by atoms with E-state index in [-0.39, 0.29) is 4.83 Å². The fourth-order valence-corrected chi connectivity index (χ4v) is 4.16. The van der Waals surface area contributed by atoms with Gasteiger partial charge in [0.15, 0.2) is 0 Å². The average molecular weight is 366 g/mol. The number of hydrogen-bond acceptors (Lipinski definition) is 2. The summed E-state index contributed by atoms with van der Waals surface area (Å²) in [5, 5.41) is 0. The van der Waals surface area contributed by atoms with Crippen LogP contribution in [0.4, 0.5) is 0 Å². The molecule has 1 aromatic heterocycles. The van der Waals surface area contributed by atoms with E-state index in [1.807, 2.05) is 25.1 Å². The summed E-state index contributed by atoms with van der Waals surface area (Å²) in [6, 6.07) is 7.99. The van der Waals surface area contributed by atoms with Gasteiger partial charge < -0.3 is 4.74 Å². The predicted octanol–water partition coefficient (Wildman–Crippen LogP) is 5.86. The highest BCUT2D eigenvalue weighted by molar-refractivity contribution is 9.09. The van der Waals surface area contributed by atoms with Crippen molar-refractivity contribution >= 4 is 50.5 Å². The lowest BCUT2D eigenvalue weighted by Gasteiger charge is -2.12. The maximum Gasteiger partial charge on any atom is 0.122 e. The molecular weight excluding hydrogens is 355 g/mol. The first-order chi connectivity index (χ1) is 8.52. The zero-order valence-corrected chi connectivity index (χ0v) is 13.8. The second-order valence-corrected chi connectivity index (χ2v) is 7.07. The molecule has 0 aliphatic carbocycles. The molecule has 1 unspecified atom stereocenters. The monoisotopic (exact) mass is 364 g/mol. The molecule has 5 heteroatoms. The molecular formula is C13H11BrCl2OS. The standard InChI is InChI=1S/C13H11BrCl2OS/c1-7-3-4-8(5-10(7)17-2)12(14)9-6-11(15)18-13(9)16/h3-6,12H,1-2H3. The normalized spacial score (nSPS) is 12.5. The van der Waals surface area contributed by atoms with E-state index >= 15 is 0 Å². The van der Waals surface area contributed by atoms with Crippen molar-refractivity contribution in [3.8, 4) is 5.75 Å². The number of alkyl halides is 1. The third-order valence-corrected chi connectivity index (χ3v) is 5.22. The molecule has 2 aromatic rings. The maximum atomic E-state index is 6.17. The van der Waals surface area contributed by atoms with Crippen molar-refractivity contribution in [3.63, 3.8) is 0 Å². The van der Waals surface area contributed by atoms with Crippen LogP contribution in [0, 0.1) is 6.92 Å². The number of thiophene rings is 1. The summed E-state index contributed by atoms with van der Waals surface area (Å²) in [7, 11) is 1.67. The van der Waals surface area contributed by atoms with Crippen LogP contribution in [0.15, 0.2) is 24.3 Å². The van der Waals surface area contributed by atoms with Crippen LogP contribution in [0.25, 0.3) is 0 Å². The molecule has 0 bridgehead atoms. The molecule has 0 aliphatic rings. The highest BCUT2D eigenvalue weighted by Gasteiger charge is 2.17. The zero-order valence-electron chi connectivity index (χ0n) is 9.84. The fraction of sp³-hybridized carbons (Fsp3) is 0.231. The quantitative estimate of drug-likeness (QED) is 0.619. The van der Waals surface area contributed by atoms with Gasteiger partial charge in [-0.05, 0) is 30.2 Å². The SMILES string of the molecule is COc1cc(C(Br)c2cc(Cl)sc2Cl)ccc1C. The van der Waals surface area contributed by atoms with E-state index in [4.69, 9.17) is 27.9 Å². The van der Waals surface area contributed by atoms with E-state index in [0.717, 1.165) is 22.4 Å². The molecule has 2 rings (SSSR count). The first-order valence-corrected chi connectivity index (χ1v) is 7.75. The molecule has 0 fully saturated rings. The molecule has 1 nitrogen and oxygen atoms in total. The zero-order chi connectivity index (χ0) is 13.3. The number of aryl methyl sites for hydroxylation is 1. The minimum Gasteiger partial charge on any atom is -0.496 e. The van der Waals surface area contributed by atoms with Gasteiger partial charge in [-0.2, -0.15) is 0 Å². The Hall–Kier alpha value is -0.220. The molecule has 18 heavy (non-hydrogen) atoms. The Balaban J connectivity index is 2.39. The maximum absolute atomic E-state index is 6.17. The van der Waals surface area contributed by atoms with Crippen molar-refractivity contribution < 1.29 is 4.74 Å². The highest BCUT2D eigenvalue weighted by Crippen LogP contribution is 2.42. The summed E-state index contributed by atoms with van der Waals surface area (Å²) in [4.78, 5) is 0.0169. The van der Waals surface area contributed by atoms with E-state index < -0.39 is 0 Å². The third kappa shape index (κ3) is 2.85. The molecule has 0 N–H and O–H groups in total. The molecule has 0 amide bonds. The van der Waals surface area contributed by atoms with E-state index in [1.165, 1.54) is 11.3 Å². The minimum atomic E-state index is 0.0169. The van der Waals surface area contributed by atoms with Crippen LogP contribution in [0.5, 0.6) is 5.75 Å². The van der Waals surface area contributed by atoms with Crippen molar-refractivity contribution in [1.29, 1.82) is 0 Å². The van der Waals surface area contributed by atoms with Crippen LogP contribution < -0.4 is 4.74 Å². The van der Waals surface area contributed by atoms with Crippen molar-refractivity contribution in [2.24, 2.45) is 0 Å². The molecule has 1 atom stereocenters. The van der Waals surface area contributed by atoms with Gasteiger partial charge in [-0.25, -0.2) is 0 Å². The van der Waals surface area contributed by atoms with Gasteiger partial charge in [0.05, 0.1) is 20.6 Å². The summed E-state index contributed by atoms with van der Waals surface area (Å²) in [5.41, 5.74) is 3.18. The Kier molecular flexibility index (Phi) is 4.59. The van der Waals surface area contributed by atoms with Crippen LogP contribution in [0.1, 0.15) is 21.5 Å². The van der Waals surface area contributed by atoms with Crippen LogP contribution in [0.3, 0.4) is 0 Å². The molecule has 0 aliphatic heterocycles. The van der Waals surface area contributed by atoms with Crippen LogP contribution >= 0.6 is 50.5 Å². The van der Waals surface area contributed by atoms with E-state index in [2.05, 4.69) is 22.0 Å². The van der Waals surface area contributed by atoms with Gasteiger partial charge in [-0.1, -0.05) is 51.3 Å². The first-order valence-electron chi connectivity index (χ1n) is 5.26. The second kappa shape index (κ2) is 5.83. The van der Waals surface area contributed by atoms with Crippen LogP contribution in [-0.2, 0) is 0 Å². The highest BCUT2D eigenvalue weighted by atomic mass is 79.9. The average Bonchev–Trinajstić information content (AvgIpc) is 2.68. The second-order valence-electron chi connectivity index (χ2n) is 3.87. The number of methoxy groups -OCH3 is 1. The number of halogens is 3. The number of benzene rings is 1. The molecule has 0 radical (unpaired) electrons. The Labute approximate surface area is 129 Å². The van der Waals surface area contributed by atoms with Gasteiger partial charge in [-0.3, -0.25) is 0 Å². The summed E-state index contributed by atoms with van der Waals surface area (Å²) in [6.45, 7) is 2.01. The van der Waals surface area contributed by atoms with Crippen LogP contribution in [-0.4, -0.2) is 7.11 Å². The predicted molar refractivity (Wildman–Crippen MR) is 82.8 cm³/mol. The summed E-state index contributed by atoms with van der Waals surface area (Å²) in [6.07, 6.45) is 0. The minimum absolute atomic E-state index is 0.0169. The fourth-order valence-electron chi connectivity index (χ4n) is 1.70. The number of rotatable bonds is 3. The Morgan fingerprint density at radius 3 is 2.56 bits per heavy atom. The lowest BCUT2D eigenvalue weighted by Crippen LogP contribution is -1.94. The lowest BCUT2D eigenvalue weighted by atomic mass is 10.1. The van der Waals surface area contributed by atoms with Gasteiger partial charge in [-0.15, -0.1) is 11.3 Å². The van der Waals surface area contributed by atoms with Crippen molar-refractivity contribution in [3.05, 3.63) is 49.6 Å². The summed E-state index contributed by atoms with van der Waals surface area (Å²) < 4.78 is 6.73. The molecule has 1 heterocycles. The Morgan fingerprint density at radius 2 is 2.00 bits per heavy atom. The number of ether oxygens (including phenoxy) is 1. The van der Waals surface area contributed by atoms with E-state index in [0.29, 0.717) is 8.67 Å². The lowest BCUT2D eigenvalue weighted by molar-refractivity contribution is 0.411. The van der Waals surface area contributed by atoms with Gasteiger partial charge in [0, 0.05) is 5.56 Å². The topological polar surface area (TPSA) is 9.23 Å². The van der Waals surface area contributed by atoms with Gasteiger partial charge in [0.25, 0.3) is 0 Å². The smallest absolute Gasteiger partial charge is 0.122 e. The van der Waals surface area contributed by atoms with Gasteiger partial charge in [0.1, 0.15) is 5.75 Å². The third-order valence-electron chi connectivity index (χ3n) is 2.68. The molecule has 0 saturated heterocycles. The van der Waals surface area contributed by atoms with Crippen LogP contribution in [0.2, 0.25) is 8.67 Å². The molecule has 0 saturated carbocycles. The van der Waals surface area contributed by atoms with Crippen molar-refractivity contribution in [2.45, 2.75) is 11.8 Å². The Morgan fingerprint density at radius 1 is 1.28 bits per heavy atom. The van der Waals surface area contributed by atoms with Crippen molar-refractivity contribution in [1.82, 2.24) is 0 Å². The van der Waals surface area contributed by atoms with E-state index in [1.54, 1.807) is 7.11 Å². The molecule has 1 aromatic carbocycles. The molecule has 96 valence electrons. The first kappa shape index (κ1) is 14.2. The van der Waals surface area contributed by atoms with E-state index in [9.17, 15) is 0 Å². The number of hydrogen-bond donors (Lipinski definition) is 0. The van der Waals surface area contributed by atoms with Gasteiger partial charge in [0.2, 0.25) is 0 Å². The van der Waals surface area contributed by atoms with Crippen molar-refractivity contribution in [2.75, 3.05) is 7.11 Å².